The van der Waals surface area contributed by atoms with Gasteiger partial charge in [0.15, 0.2) is 0 Å². The summed E-state index contributed by atoms with van der Waals surface area (Å²) in [5.41, 5.74) is 5.12. The Morgan fingerprint density at radius 2 is 0.868 bits per heavy atom. The van der Waals surface area contributed by atoms with Crippen molar-refractivity contribution in [1.29, 1.82) is 0 Å². The van der Waals surface area contributed by atoms with Gasteiger partial charge in [0.1, 0.15) is 0 Å². The Labute approximate surface area is 237 Å². The van der Waals surface area contributed by atoms with Gasteiger partial charge in [-0.05, 0) is 22.3 Å². The third-order valence-corrected chi connectivity index (χ3v) is 13.1. The van der Waals surface area contributed by atoms with Crippen LogP contribution in [0.4, 0.5) is 0 Å². The van der Waals surface area contributed by atoms with Crippen molar-refractivity contribution < 1.29 is 18.1 Å². The molecule has 0 amide bonds. The van der Waals surface area contributed by atoms with Gasteiger partial charge in [0, 0.05) is 10.8 Å². The van der Waals surface area contributed by atoms with Crippen LogP contribution in [-0.4, -0.2) is 26.4 Å². The SMILES string of the molecule is CC1(C)COP(SC(c2ccccc2)c2cccc(C(SP3OCC(C)(C)CO3)c3ccccc3)c2)OC1. The van der Waals surface area contributed by atoms with E-state index < -0.39 is 15.2 Å². The average Bonchev–Trinajstić information content (AvgIpc) is 2.93. The smallest absolute Gasteiger partial charge is 0.239 e. The lowest BCUT2D eigenvalue weighted by Crippen LogP contribution is -2.27. The maximum Gasteiger partial charge on any atom is 0.239 e. The molecule has 3 aromatic rings. The fraction of sp³-hybridized carbons (Fsp3) is 0.400. The minimum Gasteiger partial charge on any atom is -0.325 e. The molecule has 202 valence electrons. The molecular formula is C30H36O4P2S2. The first-order chi connectivity index (χ1) is 18.3. The molecule has 0 aliphatic carbocycles. The van der Waals surface area contributed by atoms with Crippen LogP contribution in [0.15, 0.2) is 84.9 Å². The fourth-order valence-corrected chi connectivity index (χ4v) is 11.6. The monoisotopic (exact) mass is 586 g/mol. The molecule has 38 heavy (non-hydrogen) atoms. The summed E-state index contributed by atoms with van der Waals surface area (Å²) in [6.07, 6.45) is 0. The molecule has 0 radical (unpaired) electrons. The van der Waals surface area contributed by atoms with Gasteiger partial charge in [0.2, 0.25) is 15.2 Å². The number of benzene rings is 3. The Morgan fingerprint density at radius 3 is 1.24 bits per heavy atom. The van der Waals surface area contributed by atoms with Crippen LogP contribution in [0.5, 0.6) is 0 Å². The first kappa shape index (κ1) is 28.6. The molecule has 2 aliphatic rings. The van der Waals surface area contributed by atoms with Gasteiger partial charge in [-0.3, -0.25) is 0 Å². The zero-order valence-corrected chi connectivity index (χ0v) is 25.8. The maximum absolute atomic E-state index is 6.20. The lowest BCUT2D eigenvalue weighted by molar-refractivity contribution is 0.0685. The van der Waals surface area contributed by atoms with Crippen molar-refractivity contribution in [1.82, 2.24) is 0 Å². The third kappa shape index (κ3) is 7.62. The highest BCUT2D eigenvalue weighted by Crippen LogP contribution is 2.64. The second-order valence-electron chi connectivity index (χ2n) is 11.3. The predicted octanol–water partition coefficient (Wildman–Crippen LogP) is 9.93. The summed E-state index contributed by atoms with van der Waals surface area (Å²) in [4.78, 5) is 0. The maximum atomic E-state index is 6.20. The number of hydrogen-bond acceptors (Lipinski definition) is 6. The van der Waals surface area contributed by atoms with Crippen LogP contribution in [0.3, 0.4) is 0 Å². The van der Waals surface area contributed by atoms with E-state index in [4.69, 9.17) is 18.1 Å². The van der Waals surface area contributed by atoms with Gasteiger partial charge >= 0.3 is 0 Å². The number of hydrogen-bond donors (Lipinski definition) is 0. The summed E-state index contributed by atoms with van der Waals surface area (Å²) >= 11 is 3.58. The van der Waals surface area contributed by atoms with Gasteiger partial charge in [-0.25, -0.2) is 0 Å². The van der Waals surface area contributed by atoms with Gasteiger partial charge in [-0.1, -0.05) is 135 Å². The largest absolute Gasteiger partial charge is 0.325 e. The quantitative estimate of drug-likeness (QED) is 0.245. The summed E-state index contributed by atoms with van der Waals surface area (Å²) in [5.74, 6) is 0. The van der Waals surface area contributed by atoms with Crippen LogP contribution in [-0.2, 0) is 18.1 Å². The highest BCUT2D eigenvalue weighted by Gasteiger charge is 2.34. The molecule has 2 saturated heterocycles. The molecule has 3 aromatic carbocycles. The van der Waals surface area contributed by atoms with Crippen molar-refractivity contribution in [3.05, 3.63) is 107 Å². The third-order valence-electron chi connectivity index (χ3n) is 6.35. The first-order valence-corrected chi connectivity index (χ1v) is 18.3. The summed E-state index contributed by atoms with van der Waals surface area (Å²) < 4.78 is 24.8. The molecule has 2 atom stereocenters. The van der Waals surface area contributed by atoms with E-state index in [1.54, 1.807) is 22.8 Å². The van der Waals surface area contributed by atoms with E-state index >= 15 is 0 Å². The molecule has 0 saturated carbocycles. The van der Waals surface area contributed by atoms with Gasteiger partial charge < -0.3 is 18.1 Å². The molecule has 0 N–H and O–H groups in total. The van der Waals surface area contributed by atoms with Crippen LogP contribution in [0, 0.1) is 10.8 Å². The normalized spacial score (nSPS) is 21.6. The zero-order chi connectivity index (χ0) is 26.6. The molecular weight excluding hydrogens is 550 g/mol. The first-order valence-electron chi connectivity index (χ1n) is 12.9. The van der Waals surface area contributed by atoms with Crippen molar-refractivity contribution >= 4 is 37.9 Å². The van der Waals surface area contributed by atoms with E-state index in [-0.39, 0.29) is 21.3 Å². The average molecular weight is 587 g/mol. The van der Waals surface area contributed by atoms with E-state index in [1.807, 2.05) is 0 Å². The molecule has 4 nitrogen and oxygen atoms in total. The zero-order valence-electron chi connectivity index (χ0n) is 22.4. The van der Waals surface area contributed by atoms with Crippen LogP contribution in [0.2, 0.25) is 0 Å². The van der Waals surface area contributed by atoms with Crippen molar-refractivity contribution in [2.75, 3.05) is 26.4 Å². The molecule has 0 bridgehead atoms. The lowest BCUT2D eigenvalue weighted by atomic mass is 9.97. The molecule has 8 heteroatoms. The van der Waals surface area contributed by atoms with Crippen molar-refractivity contribution in [2.45, 2.75) is 38.2 Å². The van der Waals surface area contributed by atoms with Crippen molar-refractivity contribution in [3.8, 4) is 0 Å². The Hall–Kier alpha value is -0.940. The topological polar surface area (TPSA) is 36.9 Å². The Bertz CT molecular complexity index is 1070. The molecule has 2 heterocycles. The lowest BCUT2D eigenvalue weighted by Gasteiger charge is -2.35. The van der Waals surface area contributed by atoms with E-state index in [0.717, 1.165) is 26.4 Å². The van der Waals surface area contributed by atoms with Crippen LogP contribution in [0.1, 0.15) is 60.4 Å². The minimum absolute atomic E-state index is 0.0575. The van der Waals surface area contributed by atoms with E-state index in [2.05, 4.69) is 113 Å². The number of rotatable bonds is 8. The van der Waals surface area contributed by atoms with Gasteiger partial charge in [0.25, 0.3) is 0 Å². The van der Waals surface area contributed by atoms with Gasteiger partial charge in [0.05, 0.1) is 36.9 Å². The molecule has 0 aromatic heterocycles. The minimum atomic E-state index is -1.03. The Balaban J connectivity index is 1.43. The Morgan fingerprint density at radius 1 is 0.526 bits per heavy atom. The molecule has 2 fully saturated rings. The summed E-state index contributed by atoms with van der Waals surface area (Å²) in [7, 11) is -2.07. The Kier molecular flexibility index (Phi) is 9.56. The predicted molar refractivity (Wildman–Crippen MR) is 163 cm³/mol. The van der Waals surface area contributed by atoms with Crippen LogP contribution >= 0.6 is 37.9 Å². The van der Waals surface area contributed by atoms with E-state index in [9.17, 15) is 0 Å². The van der Waals surface area contributed by atoms with Crippen molar-refractivity contribution in [3.63, 3.8) is 0 Å². The van der Waals surface area contributed by atoms with E-state index in [1.165, 1.54) is 22.3 Å². The van der Waals surface area contributed by atoms with E-state index in [0.29, 0.717) is 0 Å². The van der Waals surface area contributed by atoms with Crippen molar-refractivity contribution in [2.24, 2.45) is 10.8 Å². The fourth-order valence-electron chi connectivity index (χ4n) is 4.13. The highest BCUT2D eigenvalue weighted by atomic mass is 32.7. The second-order valence-corrected chi connectivity index (χ2v) is 17.7. The van der Waals surface area contributed by atoms with Crippen LogP contribution < -0.4 is 0 Å². The van der Waals surface area contributed by atoms with Gasteiger partial charge in [-0.2, -0.15) is 0 Å². The standard InChI is InChI=1S/C30H36O4P2S2/c1-29(2)19-31-35(32-20-29)37-27(23-12-7-5-8-13-23)25-16-11-17-26(18-25)28(24-14-9-6-10-15-24)38-36-33-21-30(3,4)22-34-36/h5-18,27-28H,19-22H2,1-4H3. The highest BCUT2D eigenvalue weighted by molar-refractivity contribution is 8.53. The molecule has 0 spiro atoms. The van der Waals surface area contributed by atoms with Crippen LogP contribution in [0.25, 0.3) is 0 Å². The summed E-state index contributed by atoms with van der Waals surface area (Å²) in [6.45, 7) is 11.6. The van der Waals surface area contributed by atoms with Gasteiger partial charge in [-0.15, -0.1) is 0 Å². The summed E-state index contributed by atoms with van der Waals surface area (Å²) in [6, 6.07) is 30.3. The second kappa shape index (κ2) is 12.7. The molecule has 2 aliphatic heterocycles. The summed E-state index contributed by atoms with van der Waals surface area (Å²) in [5, 5.41) is 0.220. The molecule has 5 rings (SSSR count). The molecule has 2 unspecified atom stereocenters.